The molecule has 33 heavy (non-hydrogen) atoms. The normalized spacial score (nSPS) is 15.8. The summed E-state index contributed by atoms with van der Waals surface area (Å²) >= 11 is 0. The number of ether oxygens (including phenoxy) is 1. The summed E-state index contributed by atoms with van der Waals surface area (Å²) in [4.78, 5) is 50.3. The van der Waals surface area contributed by atoms with Crippen molar-refractivity contribution in [3.05, 3.63) is 59.7 Å². The fourth-order valence-corrected chi connectivity index (χ4v) is 3.69. The molecule has 174 valence electrons. The van der Waals surface area contributed by atoms with Gasteiger partial charge in [-0.1, -0.05) is 18.2 Å². The molecular formula is C25H29N3O5. The standard InChI is InChI=1S/C25H29N3O5/c1-16(29)33-21-10-6-8-18(12-21)23(31)26-14-17-7-5-9-20(11-17)27-24(32)19-13-22(30)28(15-19)25(2,3)4/h5-12,19H,13-15H2,1-4H3,(H,26,31)(H,27,32). The van der Waals surface area contributed by atoms with Crippen molar-refractivity contribution in [2.24, 2.45) is 5.92 Å². The number of benzene rings is 2. The zero-order valence-electron chi connectivity index (χ0n) is 19.3. The maximum Gasteiger partial charge on any atom is 0.308 e. The monoisotopic (exact) mass is 451 g/mol. The molecule has 2 N–H and O–H groups in total. The maximum atomic E-state index is 12.7. The van der Waals surface area contributed by atoms with Gasteiger partial charge in [0.2, 0.25) is 11.8 Å². The highest BCUT2D eigenvalue weighted by Crippen LogP contribution is 2.27. The molecule has 0 bridgehead atoms. The SMILES string of the molecule is CC(=O)Oc1cccc(C(=O)NCc2cccc(NC(=O)C3CC(=O)N(C(C)(C)C)C3)c2)c1. The molecule has 1 fully saturated rings. The quantitative estimate of drug-likeness (QED) is 0.519. The first-order valence-corrected chi connectivity index (χ1v) is 10.8. The summed E-state index contributed by atoms with van der Waals surface area (Å²) in [7, 11) is 0. The number of anilines is 1. The van der Waals surface area contributed by atoms with E-state index in [9.17, 15) is 19.2 Å². The lowest BCUT2D eigenvalue weighted by molar-refractivity contribution is -0.132. The molecule has 0 saturated carbocycles. The van der Waals surface area contributed by atoms with Crippen LogP contribution in [0.1, 0.15) is 50.0 Å². The molecule has 3 amide bonds. The summed E-state index contributed by atoms with van der Waals surface area (Å²) in [6, 6.07) is 13.5. The van der Waals surface area contributed by atoms with Crippen LogP contribution in [0.25, 0.3) is 0 Å². The van der Waals surface area contributed by atoms with Crippen molar-refractivity contribution in [1.29, 1.82) is 0 Å². The number of likely N-dealkylation sites (tertiary alicyclic amines) is 1. The predicted octanol–water partition coefficient (Wildman–Crippen LogP) is 3.13. The van der Waals surface area contributed by atoms with Crippen LogP contribution in [0.2, 0.25) is 0 Å². The van der Waals surface area contributed by atoms with Gasteiger partial charge in [-0.15, -0.1) is 0 Å². The molecule has 3 rings (SSSR count). The van der Waals surface area contributed by atoms with Crippen LogP contribution in [0.3, 0.4) is 0 Å². The summed E-state index contributed by atoms with van der Waals surface area (Å²) in [5.74, 6) is -1.08. The van der Waals surface area contributed by atoms with Gasteiger partial charge < -0.3 is 20.3 Å². The van der Waals surface area contributed by atoms with Gasteiger partial charge in [0.15, 0.2) is 0 Å². The predicted molar refractivity (Wildman–Crippen MR) is 124 cm³/mol. The van der Waals surface area contributed by atoms with Crippen LogP contribution in [0, 0.1) is 5.92 Å². The molecule has 1 heterocycles. The Morgan fingerprint density at radius 3 is 2.48 bits per heavy atom. The number of rotatable bonds is 6. The van der Waals surface area contributed by atoms with Crippen molar-refractivity contribution in [2.75, 3.05) is 11.9 Å². The van der Waals surface area contributed by atoms with Crippen LogP contribution in [0.5, 0.6) is 5.75 Å². The van der Waals surface area contributed by atoms with Gasteiger partial charge in [-0.05, 0) is 56.7 Å². The van der Waals surface area contributed by atoms with Gasteiger partial charge in [0, 0.05) is 43.2 Å². The van der Waals surface area contributed by atoms with Crippen molar-refractivity contribution in [3.8, 4) is 5.75 Å². The zero-order valence-corrected chi connectivity index (χ0v) is 19.3. The smallest absolute Gasteiger partial charge is 0.308 e. The number of nitrogens with zero attached hydrogens (tertiary/aromatic N) is 1. The maximum absolute atomic E-state index is 12.7. The molecule has 1 atom stereocenters. The molecule has 0 aromatic heterocycles. The molecule has 2 aromatic carbocycles. The van der Waals surface area contributed by atoms with E-state index in [0.717, 1.165) is 5.56 Å². The zero-order chi connectivity index (χ0) is 24.2. The lowest BCUT2D eigenvalue weighted by Gasteiger charge is -2.31. The third-order valence-corrected chi connectivity index (χ3v) is 5.31. The van der Waals surface area contributed by atoms with Gasteiger partial charge in [-0.3, -0.25) is 19.2 Å². The van der Waals surface area contributed by atoms with Gasteiger partial charge in [0.25, 0.3) is 5.91 Å². The highest BCUT2D eigenvalue weighted by atomic mass is 16.5. The van der Waals surface area contributed by atoms with E-state index in [4.69, 9.17) is 4.74 Å². The molecular weight excluding hydrogens is 422 g/mol. The van der Waals surface area contributed by atoms with E-state index < -0.39 is 11.9 Å². The summed E-state index contributed by atoms with van der Waals surface area (Å²) in [6.45, 7) is 7.81. The van der Waals surface area contributed by atoms with Crippen molar-refractivity contribution < 1.29 is 23.9 Å². The van der Waals surface area contributed by atoms with E-state index in [2.05, 4.69) is 10.6 Å². The second-order valence-electron chi connectivity index (χ2n) is 9.07. The third-order valence-electron chi connectivity index (χ3n) is 5.31. The van der Waals surface area contributed by atoms with Gasteiger partial charge in [0.05, 0.1) is 5.92 Å². The first-order chi connectivity index (χ1) is 15.5. The minimum atomic E-state index is -0.459. The molecule has 8 heteroatoms. The minimum Gasteiger partial charge on any atom is -0.427 e. The second kappa shape index (κ2) is 9.85. The van der Waals surface area contributed by atoms with Gasteiger partial charge >= 0.3 is 5.97 Å². The van der Waals surface area contributed by atoms with Gasteiger partial charge in [-0.25, -0.2) is 0 Å². The van der Waals surface area contributed by atoms with Crippen LogP contribution in [-0.2, 0) is 20.9 Å². The van der Waals surface area contributed by atoms with Gasteiger partial charge in [0.1, 0.15) is 5.75 Å². The van der Waals surface area contributed by atoms with Crippen molar-refractivity contribution in [2.45, 2.75) is 46.2 Å². The second-order valence-corrected chi connectivity index (χ2v) is 9.07. The Morgan fingerprint density at radius 2 is 1.82 bits per heavy atom. The molecule has 1 saturated heterocycles. The molecule has 1 aliphatic heterocycles. The molecule has 1 aliphatic rings. The molecule has 0 radical (unpaired) electrons. The fraction of sp³-hybridized carbons (Fsp3) is 0.360. The largest absolute Gasteiger partial charge is 0.427 e. The van der Waals surface area contributed by atoms with Crippen molar-refractivity contribution in [3.63, 3.8) is 0 Å². The van der Waals surface area contributed by atoms with E-state index >= 15 is 0 Å². The van der Waals surface area contributed by atoms with E-state index in [1.807, 2.05) is 26.8 Å². The van der Waals surface area contributed by atoms with E-state index in [1.165, 1.54) is 13.0 Å². The minimum absolute atomic E-state index is 0.0168. The summed E-state index contributed by atoms with van der Waals surface area (Å²) in [5.41, 5.74) is 1.45. The highest BCUT2D eigenvalue weighted by Gasteiger charge is 2.39. The first kappa shape index (κ1) is 24.0. The third kappa shape index (κ3) is 6.41. The highest BCUT2D eigenvalue weighted by molar-refractivity contribution is 5.97. The number of esters is 1. The molecule has 0 aliphatic carbocycles. The number of hydrogen-bond acceptors (Lipinski definition) is 5. The number of amides is 3. The average molecular weight is 452 g/mol. The van der Waals surface area contributed by atoms with Crippen molar-refractivity contribution >= 4 is 29.4 Å². The molecule has 2 aromatic rings. The Kier molecular flexibility index (Phi) is 7.16. The lowest BCUT2D eigenvalue weighted by atomic mass is 10.1. The Hall–Kier alpha value is -3.68. The van der Waals surface area contributed by atoms with E-state index in [0.29, 0.717) is 23.5 Å². The summed E-state index contributed by atoms with van der Waals surface area (Å²) in [6.07, 6.45) is 0.200. The molecule has 8 nitrogen and oxygen atoms in total. The number of nitrogens with one attached hydrogen (secondary N) is 2. The average Bonchev–Trinajstić information content (AvgIpc) is 3.14. The van der Waals surface area contributed by atoms with Crippen LogP contribution < -0.4 is 15.4 Å². The fourth-order valence-electron chi connectivity index (χ4n) is 3.69. The lowest BCUT2D eigenvalue weighted by Crippen LogP contribution is -2.42. The Morgan fingerprint density at radius 1 is 1.09 bits per heavy atom. The number of hydrogen-bond donors (Lipinski definition) is 2. The Bertz CT molecular complexity index is 1070. The number of carbonyl (C=O) groups excluding carboxylic acids is 4. The molecule has 0 spiro atoms. The van der Waals surface area contributed by atoms with Crippen LogP contribution in [0.4, 0.5) is 5.69 Å². The molecule has 1 unspecified atom stereocenters. The number of carbonyl (C=O) groups is 4. The summed E-state index contributed by atoms with van der Waals surface area (Å²) in [5, 5.41) is 5.70. The van der Waals surface area contributed by atoms with E-state index in [-0.39, 0.29) is 36.2 Å². The Labute approximate surface area is 193 Å². The van der Waals surface area contributed by atoms with Crippen LogP contribution >= 0.6 is 0 Å². The summed E-state index contributed by atoms with van der Waals surface area (Å²) < 4.78 is 5.01. The van der Waals surface area contributed by atoms with Gasteiger partial charge in [-0.2, -0.15) is 0 Å². The van der Waals surface area contributed by atoms with Crippen LogP contribution in [0.15, 0.2) is 48.5 Å². The van der Waals surface area contributed by atoms with E-state index in [1.54, 1.807) is 41.3 Å². The van der Waals surface area contributed by atoms with Crippen molar-refractivity contribution in [1.82, 2.24) is 10.2 Å². The topological polar surface area (TPSA) is 105 Å². The Balaban J connectivity index is 1.58. The first-order valence-electron chi connectivity index (χ1n) is 10.8. The van der Waals surface area contributed by atoms with Crippen LogP contribution in [-0.4, -0.2) is 40.7 Å².